The van der Waals surface area contributed by atoms with E-state index in [9.17, 15) is 14.0 Å². The number of benzene rings is 1. The highest BCUT2D eigenvalue weighted by Crippen LogP contribution is 2.26. The molecular weight excluding hydrogens is 275 g/mol. The largest absolute Gasteiger partial charge is 0.480 e. The third-order valence-corrected chi connectivity index (χ3v) is 3.50. The Labute approximate surface area is 123 Å². The molecule has 21 heavy (non-hydrogen) atoms. The predicted molar refractivity (Wildman–Crippen MR) is 76.7 cm³/mol. The van der Waals surface area contributed by atoms with Crippen molar-refractivity contribution in [2.24, 2.45) is 0 Å². The molecule has 1 amide bonds. The van der Waals surface area contributed by atoms with Crippen LogP contribution in [0.4, 0.5) is 10.1 Å². The number of hydrogen-bond donors (Lipinski definition) is 1. The minimum Gasteiger partial charge on any atom is -0.480 e. The molecule has 1 aromatic carbocycles. The number of likely N-dealkylation sites (N-methyl/N-ethyl adjacent to an activating group) is 1. The predicted octanol–water partition coefficient (Wildman–Crippen LogP) is 1.73. The summed E-state index contributed by atoms with van der Waals surface area (Å²) in [5, 5.41) is 8.91. The summed E-state index contributed by atoms with van der Waals surface area (Å²) in [4.78, 5) is 26.5. The van der Waals surface area contributed by atoms with Gasteiger partial charge in [0.15, 0.2) is 0 Å². The summed E-state index contributed by atoms with van der Waals surface area (Å²) in [5.41, 5.74) is 0.620. The van der Waals surface area contributed by atoms with Crippen molar-refractivity contribution in [1.82, 2.24) is 4.90 Å². The Morgan fingerprint density at radius 1 is 1.24 bits per heavy atom. The van der Waals surface area contributed by atoms with Gasteiger partial charge in [0.05, 0.1) is 13.1 Å². The van der Waals surface area contributed by atoms with E-state index in [0.717, 1.165) is 12.8 Å². The molecule has 6 heteroatoms. The molecule has 0 atom stereocenters. The molecule has 1 aliphatic carbocycles. The molecular formula is C15H19FN2O3. The first kappa shape index (κ1) is 15.4. The fraction of sp³-hybridized carbons (Fsp3) is 0.467. The van der Waals surface area contributed by atoms with Crippen LogP contribution in [-0.4, -0.2) is 47.6 Å². The summed E-state index contributed by atoms with van der Waals surface area (Å²) in [6.07, 6.45) is 1.87. The van der Waals surface area contributed by atoms with Gasteiger partial charge < -0.3 is 10.0 Å². The highest BCUT2D eigenvalue weighted by atomic mass is 19.1. The number of carboxylic acid groups (broad SMARTS) is 1. The Balaban J connectivity index is 2.04. The second-order valence-electron chi connectivity index (χ2n) is 5.14. The Bertz CT molecular complexity index is 514. The van der Waals surface area contributed by atoms with Crippen LogP contribution in [0.15, 0.2) is 24.3 Å². The number of carbonyl (C=O) groups is 2. The summed E-state index contributed by atoms with van der Waals surface area (Å²) in [6, 6.07) is 5.91. The minimum absolute atomic E-state index is 0.0716. The molecule has 1 N–H and O–H groups in total. The van der Waals surface area contributed by atoms with Crippen LogP contribution >= 0.6 is 0 Å². The maximum Gasteiger partial charge on any atom is 0.317 e. The molecule has 2 rings (SSSR count). The Morgan fingerprint density at radius 3 is 2.33 bits per heavy atom. The standard InChI is InChI=1S/C15H19FN2O3/c1-2-18(13-5-3-11(16)4-6-13)14(19)9-17(10-15(20)21)12-7-8-12/h3-6,12H,2,7-10H2,1H3,(H,20,21). The van der Waals surface area contributed by atoms with Crippen LogP contribution in [0.2, 0.25) is 0 Å². The van der Waals surface area contributed by atoms with Crippen LogP contribution in [0.5, 0.6) is 0 Å². The quantitative estimate of drug-likeness (QED) is 0.832. The zero-order chi connectivity index (χ0) is 15.4. The third-order valence-electron chi connectivity index (χ3n) is 3.50. The van der Waals surface area contributed by atoms with Gasteiger partial charge in [0.25, 0.3) is 0 Å². The average Bonchev–Trinajstić information content (AvgIpc) is 3.25. The normalized spacial score (nSPS) is 14.2. The van der Waals surface area contributed by atoms with Crippen molar-refractivity contribution in [3.63, 3.8) is 0 Å². The highest BCUT2D eigenvalue weighted by Gasteiger charge is 2.32. The van der Waals surface area contributed by atoms with E-state index in [4.69, 9.17) is 5.11 Å². The smallest absolute Gasteiger partial charge is 0.317 e. The summed E-state index contributed by atoms with van der Waals surface area (Å²) in [5.74, 6) is -1.45. The van der Waals surface area contributed by atoms with E-state index in [1.165, 1.54) is 17.0 Å². The number of halogens is 1. The van der Waals surface area contributed by atoms with Gasteiger partial charge in [-0.1, -0.05) is 0 Å². The van der Waals surface area contributed by atoms with E-state index in [2.05, 4.69) is 0 Å². The van der Waals surface area contributed by atoms with Crippen LogP contribution in [0.3, 0.4) is 0 Å². The SMILES string of the molecule is CCN(C(=O)CN(CC(=O)O)C1CC1)c1ccc(F)cc1. The minimum atomic E-state index is -0.931. The molecule has 1 aromatic rings. The van der Waals surface area contributed by atoms with E-state index < -0.39 is 5.97 Å². The molecule has 1 fully saturated rings. The Morgan fingerprint density at radius 2 is 1.86 bits per heavy atom. The lowest BCUT2D eigenvalue weighted by Gasteiger charge is -2.25. The molecule has 0 aromatic heterocycles. The van der Waals surface area contributed by atoms with Crippen molar-refractivity contribution in [2.45, 2.75) is 25.8 Å². The molecule has 0 heterocycles. The van der Waals surface area contributed by atoms with Crippen molar-refractivity contribution < 1.29 is 19.1 Å². The molecule has 0 aliphatic heterocycles. The molecule has 1 aliphatic rings. The van der Waals surface area contributed by atoms with Crippen LogP contribution in [0.1, 0.15) is 19.8 Å². The second kappa shape index (κ2) is 6.67. The molecule has 0 spiro atoms. The first-order valence-electron chi connectivity index (χ1n) is 7.03. The van der Waals surface area contributed by atoms with Crippen LogP contribution in [0, 0.1) is 5.82 Å². The summed E-state index contributed by atoms with van der Waals surface area (Å²) in [6.45, 7) is 2.23. The number of amides is 1. The van der Waals surface area contributed by atoms with Gasteiger partial charge in [-0.15, -0.1) is 0 Å². The summed E-state index contributed by atoms with van der Waals surface area (Å²) in [7, 11) is 0. The van der Waals surface area contributed by atoms with Crippen LogP contribution in [-0.2, 0) is 9.59 Å². The van der Waals surface area contributed by atoms with Crippen molar-refractivity contribution >= 4 is 17.6 Å². The Kier molecular flexibility index (Phi) is 4.90. The molecule has 1 saturated carbocycles. The van der Waals surface area contributed by atoms with Gasteiger partial charge in [-0.2, -0.15) is 0 Å². The van der Waals surface area contributed by atoms with Gasteiger partial charge in [-0.25, -0.2) is 4.39 Å². The third kappa shape index (κ3) is 4.26. The average molecular weight is 294 g/mol. The molecule has 0 saturated heterocycles. The fourth-order valence-corrected chi connectivity index (χ4v) is 2.31. The number of anilines is 1. The zero-order valence-corrected chi connectivity index (χ0v) is 12.0. The maximum absolute atomic E-state index is 12.9. The van der Waals surface area contributed by atoms with Gasteiger partial charge >= 0.3 is 5.97 Å². The number of hydrogen-bond acceptors (Lipinski definition) is 3. The topological polar surface area (TPSA) is 60.9 Å². The van der Waals surface area contributed by atoms with Gasteiger partial charge in [0, 0.05) is 18.3 Å². The molecule has 0 radical (unpaired) electrons. The highest BCUT2D eigenvalue weighted by molar-refractivity contribution is 5.95. The van der Waals surface area contributed by atoms with E-state index in [-0.39, 0.29) is 30.9 Å². The van der Waals surface area contributed by atoms with E-state index in [0.29, 0.717) is 12.2 Å². The maximum atomic E-state index is 12.9. The molecule has 0 bridgehead atoms. The number of rotatable bonds is 7. The lowest BCUT2D eigenvalue weighted by molar-refractivity contribution is -0.138. The van der Waals surface area contributed by atoms with Gasteiger partial charge in [0.1, 0.15) is 5.82 Å². The van der Waals surface area contributed by atoms with E-state index in [1.54, 1.807) is 17.0 Å². The Hall–Kier alpha value is -1.95. The second-order valence-corrected chi connectivity index (χ2v) is 5.14. The lowest BCUT2D eigenvalue weighted by Crippen LogP contribution is -2.43. The first-order chi connectivity index (χ1) is 10.0. The van der Waals surface area contributed by atoms with Crippen molar-refractivity contribution in [3.8, 4) is 0 Å². The van der Waals surface area contributed by atoms with Gasteiger partial charge in [-0.3, -0.25) is 14.5 Å². The van der Waals surface area contributed by atoms with Crippen molar-refractivity contribution in [2.75, 3.05) is 24.5 Å². The molecule has 5 nitrogen and oxygen atoms in total. The zero-order valence-electron chi connectivity index (χ0n) is 12.0. The first-order valence-corrected chi connectivity index (χ1v) is 7.03. The number of carboxylic acids is 1. The molecule has 114 valence electrons. The summed E-state index contributed by atoms with van der Waals surface area (Å²) < 4.78 is 12.9. The van der Waals surface area contributed by atoms with Gasteiger partial charge in [0.2, 0.25) is 5.91 Å². The van der Waals surface area contributed by atoms with Gasteiger partial charge in [-0.05, 0) is 44.0 Å². The number of aliphatic carboxylic acids is 1. The monoisotopic (exact) mass is 294 g/mol. The fourth-order valence-electron chi connectivity index (χ4n) is 2.31. The lowest BCUT2D eigenvalue weighted by atomic mass is 10.2. The number of nitrogens with zero attached hydrogens (tertiary/aromatic N) is 2. The van der Waals surface area contributed by atoms with Crippen LogP contribution < -0.4 is 4.90 Å². The van der Waals surface area contributed by atoms with Crippen LogP contribution in [0.25, 0.3) is 0 Å². The van der Waals surface area contributed by atoms with Crippen molar-refractivity contribution in [3.05, 3.63) is 30.1 Å². The number of carbonyl (C=O) groups excluding carboxylic acids is 1. The summed E-state index contributed by atoms with van der Waals surface area (Å²) >= 11 is 0. The van der Waals surface area contributed by atoms with E-state index >= 15 is 0 Å². The van der Waals surface area contributed by atoms with Crippen molar-refractivity contribution in [1.29, 1.82) is 0 Å². The molecule has 0 unspecified atom stereocenters. The van der Waals surface area contributed by atoms with E-state index in [1.807, 2.05) is 6.92 Å².